The van der Waals surface area contributed by atoms with Crippen LogP contribution in [0.4, 0.5) is 0 Å². The molecule has 0 aliphatic heterocycles. The summed E-state index contributed by atoms with van der Waals surface area (Å²) >= 11 is 4.20. The first kappa shape index (κ1) is 13.2. The van der Waals surface area contributed by atoms with E-state index in [9.17, 15) is 4.55 Å². The molecule has 0 N–H and O–H groups in total. The lowest BCUT2D eigenvalue weighted by atomic mass is 10.3. The number of halogens is 1. The van der Waals surface area contributed by atoms with Crippen LogP contribution in [0.2, 0.25) is 0 Å². The van der Waals surface area contributed by atoms with Crippen molar-refractivity contribution >= 4 is 29.2 Å². The van der Waals surface area contributed by atoms with E-state index in [1.807, 2.05) is 20.8 Å². The smallest absolute Gasteiger partial charge is 0.144 e. The van der Waals surface area contributed by atoms with Crippen molar-refractivity contribution < 1.29 is 9.29 Å². The van der Waals surface area contributed by atoms with Crippen LogP contribution in [-0.2, 0) is 16.1 Å². The van der Waals surface area contributed by atoms with Gasteiger partial charge in [-0.2, -0.15) is 0 Å². The SMILES string of the molecule is CC(C)(C)[S@@+]([O-])N=CCOCCCl. The van der Waals surface area contributed by atoms with Gasteiger partial charge in [0, 0.05) is 5.88 Å². The molecule has 13 heavy (non-hydrogen) atoms. The summed E-state index contributed by atoms with van der Waals surface area (Å²) in [5.74, 6) is 0.468. The molecule has 0 spiro atoms. The zero-order chi connectivity index (χ0) is 10.3. The lowest BCUT2D eigenvalue weighted by Crippen LogP contribution is -2.26. The van der Waals surface area contributed by atoms with Crippen molar-refractivity contribution in [2.75, 3.05) is 19.1 Å². The maximum Gasteiger partial charge on any atom is 0.144 e. The molecule has 0 aliphatic carbocycles. The summed E-state index contributed by atoms with van der Waals surface area (Å²) in [6.45, 7) is 6.49. The van der Waals surface area contributed by atoms with E-state index >= 15 is 0 Å². The summed E-state index contributed by atoms with van der Waals surface area (Å²) in [7, 11) is 0. The van der Waals surface area contributed by atoms with Gasteiger partial charge in [-0.25, -0.2) is 0 Å². The van der Waals surface area contributed by atoms with Crippen molar-refractivity contribution in [2.24, 2.45) is 4.40 Å². The Kier molecular flexibility index (Phi) is 6.77. The molecule has 0 unspecified atom stereocenters. The molecule has 5 heteroatoms. The molecule has 1 atom stereocenters. The fourth-order valence-corrected chi connectivity index (χ4v) is 1.07. The minimum Gasteiger partial charge on any atom is -0.591 e. The molecule has 0 aromatic carbocycles. The van der Waals surface area contributed by atoms with E-state index in [4.69, 9.17) is 16.3 Å². The topological polar surface area (TPSA) is 44.7 Å². The summed E-state index contributed by atoms with van der Waals surface area (Å²) in [6.07, 6.45) is 1.52. The Labute approximate surface area is 87.8 Å². The maximum atomic E-state index is 11.3. The standard InChI is InChI=1S/C8H16ClNO2S/c1-8(2,3)13(11)10-5-7-12-6-4-9/h5H,4,6-7H2,1-3H3/t13-/m1/s1. The van der Waals surface area contributed by atoms with Gasteiger partial charge in [-0.05, 0) is 20.8 Å². The molecule has 0 rings (SSSR count). The van der Waals surface area contributed by atoms with E-state index in [0.717, 1.165) is 0 Å². The molecular formula is C8H16ClNO2S. The van der Waals surface area contributed by atoms with Gasteiger partial charge in [0.25, 0.3) is 0 Å². The summed E-state index contributed by atoms with van der Waals surface area (Å²) < 4.78 is 19.9. The Morgan fingerprint density at radius 3 is 2.62 bits per heavy atom. The van der Waals surface area contributed by atoms with Crippen LogP contribution in [-0.4, -0.2) is 34.6 Å². The molecule has 0 bridgehead atoms. The zero-order valence-electron chi connectivity index (χ0n) is 8.25. The summed E-state index contributed by atoms with van der Waals surface area (Å²) in [5, 5.41) is 0. The quantitative estimate of drug-likeness (QED) is 0.310. The molecule has 0 aromatic rings. The Morgan fingerprint density at radius 1 is 1.54 bits per heavy atom. The van der Waals surface area contributed by atoms with Crippen LogP contribution in [0.25, 0.3) is 0 Å². The third-order valence-electron chi connectivity index (χ3n) is 1.11. The summed E-state index contributed by atoms with van der Waals surface area (Å²) in [4.78, 5) is 0. The number of hydrogen-bond donors (Lipinski definition) is 0. The first-order valence-electron chi connectivity index (χ1n) is 4.06. The van der Waals surface area contributed by atoms with Gasteiger partial charge >= 0.3 is 0 Å². The molecule has 0 saturated carbocycles. The fourth-order valence-electron chi connectivity index (χ4n) is 0.447. The van der Waals surface area contributed by atoms with E-state index < -0.39 is 11.4 Å². The molecule has 0 aliphatic rings. The molecule has 3 nitrogen and oxygen atoms in total. The highest BCUT2D eigenvalue weighted by molar-refractivity contribution is 7.91. The van der Waals surface area contributed by atoms with Crippen LogP contribution in [0.3, 0.4) is 0 Å². The van der Waals surface area contributed by atoms with E-state index in [1.165, 1.54) is 6.21 Å². The van der Waals surface area contributed by atoms with Gasteiger partial charge in [0.05, 0.1) is 19.4 Å². The molecule has 78 valence electrons. The van der Waals surface area contributed by atoms with Crippen LogP contribution < -0.4 is 0 Å². The molecule has 0 saturated heterocycles. The van der Waals surface area contributed by atoms with Crippen molar-refractivity contribution in [3.05, 3.63) is 0 Å². The van der Waals surface area contributed by atoms with Crippen molar-refractivity contribution in [1.82, 2.24) is 0 Å². The van der Waals surface area contributed by atoms with Crippen molar-refractivity contribution in [3.63, 3.8) is 0 Å². The monoisotopic (exact) mass is 225 g/mol. The Morgan fingerprint density at radius 2 is 2.15 bits per heavy atom. The van der Waals surface area contributed by atoms with Gasteiger partial charge in [-0.3, -0.25) is 0 Å². The second-order valence-electron chi connectivity index (χ2n) is 3.41. The Hall–Kier alpha value is 0.230. The fraction of sp³-hybridized carbons (Fsp3) is 0.875. The zero-order valence-corrected chi connectivity index (χ0v) is 9.82. The minimum atomic E-state index is -1.19. The third-order valence-corrected chi connectivity index (χ3v) is 2.65. The highest BCUT2D eigenvalue weighted by Crippen LogP contribution is 2.16. The number of alkyl halides is 1. The first-order valence-corrected chi connectivity index (χ1v) is 5.71. The van der Waals surface area contributed by atoms with Gasteiger partial charge in [-0.1, -0.05) is 4.40 Å². The summed E-state index contributed by atoms with van der Waals surface area (Å²) in [5.41, 5.74) is 0. The van der Waals surface area contributed by atoms with Crippen molar-refractivity contribution in [1.29, 1.82) is 0 Å². The third kappa shape index (κ3) is 7.31. The van der Waals surface area contributed by atoms with Crippen molar-refractivity contribution in [3.8, 4) is 0 Å². The van der Waals surface area contributed by atoms with Gasteiger partial charge in [0.15, 0.2) is 0 Å². The van der Waals surface area contributed by atoms with Gasteiger partial charge in [-0.15, -0.1) is 11.6 Å². The number of hydrogen-bond acceptors (Lipinski definition) is 3. The molecule has 0 radical (unpaired) electrons. The highest BCUT2D eigenvalue weighted by Gasteiger charge is 2.25. The number of nitrogens with zero attached hydrogens (tertiary/aromatic N) is 1. The van der Waals surface area contributed by atoms with Crippen LogP contribution in [0.15, 0.2) is 4.40 Å². The molecule has 0 amide bonds. The lowest BCUT2D eigenvalue weighted by molar-refractivity contribution is 0.192. The number of ether oxygens (including phenoxy) is 1. The second kappa shape index (κ2) is 6.65. The predicted octanol–water partition coefficient (Wildman–Crippen LogP) is 1.77. The van der Waals surface area contributed by atoms with Gasteiger partial charge in [0.2, 0.25) is 0 Å². The first-order chi connectivity index (χ1) is 5.98. The Bertz CT molecular complexity index is 159. The molecule has 0 aromatic heterocycles. The molecule has 0 heterocycles. The second-order valence-corrected chi connectivity index (χ2v) is 5.73. The van der Waals surface area contributed by atoms with Gasteiger partial charge in [0.1, 0.15) is 16.1 Å². The van der Waals surface area contributed by atoms with Crippen LogP contribution in [0, 0.1) is 0 Å². The van der Waals surface area contributed by atoms with E-state index in [0.29, 0.717) is 19.1 Å². The van der Waals surface area contributed by atoms with E-state index in [2.05, 4.69) is 4.40 Å². The lowest BCUT2D eigenvalue weighted by Gasteiger charge is -2.17. The average Bonchev–Trinajstić information content (AvgIpc) is 2.02. The van der Waals surface area contributed by atoms with Crippen LogP contribution >= 0.6 is 11.6 Å². The van der Waals surface area contributed by atoms with Gasteiger partial charge < -0.3 is 9.29 Å². The number of rotatable bonds is 5. The maximum absolute atomic E-state index is 11.3. The molecular weight excluding hydrogens is 210 g/mol. The van der Waals surface area contributed by atoms with E-state index in [1.54, 1.807) is 0 Å². The normalized spacial score (nSPS) is 15.2. The highest BCUT2D eigenvalue weighted by atomic mass is 35.5. The largest absolute Gasteiger partial charge is 0.591 e. The van der Waals surface area contributed by atoms with Crippen molar-refractivity contribution in [2.45, 2.75) is 25.5 Å². The predicted molar refractivity (Wildman–Crippen MR) is 57.9 cm³/mol. The average molecular weight is 226 g/mol. The van der Waals surface area contributed by atoms with Crippen LogP contribution in [0.5, 0.6) is 0 Å². The van der Waals surface area contributed by atoms with E-state index in [-0.39, 0.29) is 4.75 Å². The molecule has 0 fully saturated rings. The van der Waals surface area contributed by atoms with Crippen LogP contribution in [0.1, 0.15) is 20.8 Å². The Balaban J connectivity index is 3.60. The summed E-state index contributed by atoms with van der Waals surface area (Å²) in [6, 6.07) is 0. The minimum absolute atomic E-state index is 0.303.